The summed E-state index contributed by atoms with van der Waals surface area (Å²) in [6.07, 6.45) is -7.70. The number of rotatable bonds is 5. The Hall–Kier alpha value is -2.37. The third-order valence-electron chi connectivity index (χ3n) is 3.21. The number of hydrogen-bond acceptors (Lipinski definition) is 5. The predicted octanol–water partition coefficient (Wildman–Crippen LogP) is 0.278. The van der Waals surface area contributed by atoms with Crippen LogP contribution in [0.5, 0.6) is 0 Å². The second kappa shape index (κ2) is 7.25. The number of aromatic nitrogens is 3. The van der Waals surface area contributed by atoms with Crippen molar-refractivity contribution in [2.45, 2.75) is 25.4 Å². The van der Waals surface area contributed by atoms with E-state index in [0.29, 0.717) is 14.3 Å². The number of aliphatic hydroxyl groups excluding tert-OH is 1. The van der Waals surface area contributed by atoms with Crippen LogP contribution in [0.3, 0.4) is 0 Å². The number of nitrogens with two attached hydrogens (primary N) is 1. The molecule has 2 rings (SSSR count). The van der Waals surface area contributed by atoms with E-state index in [1.165, 1.54) is 24.3 Å². The number of benzene rings is 1. The van der Waals surface area contributed by atoms with Crippen molar-refractivity contribution in [3.8, 4) is 11.4 Å². The van der Waals surface area contributed by atoms with Crippen LogP contribution in [0.1, 0.15) is 0 Å². The summed E-state index contributed by atoms with van der Waals surface area (Å²) in [5, 5.41) is 13.5. The van der Waals surface area contributed by atoms with E-state index in [-0.39, 0.29) is 11.4 Å². The summed E-state index contributed by atoms with van der Waals surface area (Å²) in [4.78, 5) is 23.6. The molecule has 136 valence electrons. The molecule has 0 fully saturated rings. The van der Waals surface area contributed by atoms with Crippen LogP contribution in [0.4, 0.5) is 13.2 Å². The number of halogens is 4. The summed E-state index contributed by atoms with van der Waals surface area (Å²) in [6, 6.07) is 5.79. The van der Waals surface area contributed by atoms with Gasteiger partial charge in [0.1, 0.15) is 6.54 Å². The molecule has 1 atom stereocenters. The Morgan fingerprint density at radius 2 is 1.96 bits per heavy atom. The van der Waals surface area contributed by atoms with Crippen LogP contribution in [0.2, 0.25) is 5.02 Å². The monoisotopic (exact) mass is 379 g/mol. The zero-order valence-electron chi connectivity index (χ0n) is 12.5. The van der Waals surface area contributed by atoms with E-state index in [0.717, 1.165) is 0 Å². The van der Waals surface area contributed by atoms with Gasteiger partial charge in [-0.1, -0.05) is 11.6 Å². The number of hydrogen-bond donors (Lipinski definition) is 3. The number of carbonyl (C=O) groups is 1. The summed E-state index contributed by atoms with van der Waals surface area (Å²) in [6.45, 7) is -1.67. The summed E-state index contributed by atoms with van der Waals surface area (Å²) in [5.41, 5.74) is 1.06. The fourth-order valence-corrected chi connectivity index (χ4v) is 2.11. The predicted molar refractivity (Wildman–Crippen MR) is 81.3 cm³/mol. The molecule has 8 nitrogen and oxygen atoms in total. The molecule has 12 heteroatoms. The third-order valence-corrected chi connectivity index (χ3v) is 3.46. The average Bonchev–Trinajstić information content (AvgIpc) is 2.84. The van der Waals surface area contributed by atoms with Gasteiger partial charge in [-0.05, 0) is 24.3 Å². The van der Waals surface area contributed by atoms with Crippen molar-refractivity contribution >= 4 is 17.5 Å². The molecule has 0 aliphatic carbocycles. The smallest absolute Gasteiger partial charge is 0.382 e. The maximum atomic E-state index is 12.6. The highest BCUT2D eigenvalue weighted by atomic mass is 35.5. The van der Waals surface area contributed by atoms with Crippen LogP contribution in [0.25, 0.3) is 11.4 Å². The highest BCUT2D eigenvalue weighted by molar-refractivity contribution is 6.30. The molecule has 2 aromatic rings. The normalized spacial score (nSPS) is 12.9. The molecule has 0 aliphatic rings. The van der Waals surface area contributed by atoms with Crippen LogP contribution in [-0.4, -0.2) is 37.6 Å². The zero-order chi connectivity index (χ0) is 18.8. The highest BCUT2D eigenvalue weighted by Gasteiger charge is 2.39. The van der Waals surface area contributed by atoms with E-state index in [9.17, 15) is 27.9 Å². The number of nitrogens with one attached hydrogen (secondary N) is 1. The Morgan fingerprint density at radius 3 is 2.48 bits per heavy atom. The first-order chi connectivity index (χ1) is 11.6. The molecule has 0 aliphatic heterocycles. The zero-order valence-corrected chi connectivity index (χ0v) is 13.3. The van der Waals surface area contributed by atoms with E-state index in [1.807, 2.05) is 0 Å². The van der Waals surface area contributed by atoms with Crippen LogP contribution < -0.4 is 17.0 Å². The number of nitrogens with zero attached hydrogens (tertiary/aromatic N) is 3. The van der Waals surface area contributed by atoms with Gasteiger partial charge in [0, 0.05) is 10.6 Å². The minimum absolute atomic E-state index is 0.158. The molecule has 1 aromatic carbocycles. The van der Waals surface area contributed by atoms with Gasteiger partial charge in [-0.3, -0.25) is 14.8 Å². The minimum atomic E-state index is -4.92. The fourth-order valence-electron chi connectivity index (χ4n) is 1.98. The van der Waals surface area contributed by atoms with Crippen molar-refractivity contribution in [1.29, 1.82) is 0 Å². The van der Waals surface area contributed by atoms with Gasteiger partial charge in [-0.25, -0.2) is 15.3 Å². The average molecular weight is 380 g/mol. The molecule has 1 heterocycles. The maximum absolute atomic E-state index is 12.6. The van der Waals surface area contributed by atoms with Gasteiger partial charge in [0.05, 0.1) is 6.54 Å². The SMILES string of the molecule is NNC(=O)Cn1nc(-c2ccc(Cl)cc2)n(C[C@H](O)C(F)(F)F)c1=O. The van der Waals surface area contributed by atoms with E-state index >= 15 is 0 Å². The molecular formula is C13H13ClF3N5O3. The molecule has 1 amide bonds. The second-order valence-corrected chi connectivity index (χ2v) is 5.44. The van der Waals surface area contributed by atoms with Crippen molar-refractivity contribution in [3.63, 3.8) is 0 Å². The fraction of sp³-hybridized carbons (Fsp3) is 0.308. The molecule has 25 heavy (non-hydrogen) atoms. The number of hydrazine groups is 1. The van der Waals surface area contributed by atoms with Crippen molar-refractivity contribution in [3.05, 3.63) is 39.8 Å². The molecular weight excluding hydrogens is 367 g/mol. The molecule has 1 aromatic heterocycles. The van der Waals surface area contributed by atoms with Crippen molar-refractivity contribution in [1.82, 2.24) is 19.8 Å². The number of alkyl halides is 3. The van der Waals surface area contributed by atoms with E-state index < -0.39 is 37.0 Å². The van der Waals surface area contributed by atoms with E-state index in [4.69, 9.17) is 17.4 Å². The maximum Gasteiger partial charge on any atom is 0.416 e. The lowest BCUT2D eigenvalue weighted by Crippen LogP contribution is -2.39. The van der Waals surface area contributed by atoms with Gasteiger partial charge in [0.15, 0.2) is 11.9 Å². The van der Waals surface area contributed by atoms with Crippen molar-refractivity contribution < 1.29 is 23.1 Å². The lowest BCUT2D eigenvalue weighted by Gasteiger charge is -2.15. The highest BCUT2D eigenvalue weighted by Crippen LogP contribution is 2.23. The summed E-state index contributed by atoms with van der Waals surface area (Å²) >= 11 is 5.76. The van der Waals surface area contributed by atoms with Gasteiger partial charge >= 0.3 is 11.9 Å². The Morgan fingerprint density at radius 1 is 1.36 bits per heavy atom. The summed E-state index contributed by atoms with van der Waals surface area (Å²) in [5.74, 6) is 4.00. The molecule has 0 saturated carbocycles. The van der Waals surface area contributed by atoms with Crippen LogP contribution in [-0.2, 0) is 17.9 Å². The van der Waals surface area contributed by atoms with Crippen LogP contribution in [0.15, 0.2) is 29.1 Å². The molecule has 0 radical (unpaired) electrons. The first-order valence-corrected chi connectivity index (χ1v) is 7.19. The minimum Gasteiger partial charge on any atom is -0.382 e. The quantitative estimate of drug-likeness (QED) is 0.392. The van der Waals surface area contributed by atoms with Crippen LogP contribution in [0, 0.1) is 0 Å². The number of amides is 1. The summed E-state index contributed by atoms with van der Waals surface area (Å²) in [7, 11) is 0. The summed E-state index contributed by atoms with van der Waals surface area (Å²) < 4.78 is 39.2. The molecule has 0 spiro atoms. The first kappa shape index (κ1) is 19.0. The Bertz CT molecular complexity index is 816. The third kappa shape index (κ3) is 4.38. The Balaban J connectivity index is 2.51. The molecule has 4 N–H and O–H groups in total. The lowest BCUT2D eigenvalue weighted by molar-refractivity contribution is -0.207. The first-order valence-electron chi connectivity index (χ1n) is 6.81. The molecule has 0 unspecified atom stereocenters. The van der Waals surface area contributed by atoms with Crippen molar-refractivity contribution in [2.75, 3.05) is 0 Å². The Labute approximate surface area is 143 Å². The van der Waals surface area contributed by atoms with Gasteiger partial charge < -0.3 is 5.11 Å². The van der Waals surface area contributed by atoms with Gasteiger partial charge in [0.25, 0.3) is 5.91 Å². The second-order valence-electron chi connectivity index (χ2n) is 5.01. The Kier molecular flexibility index (Phi) is 5.50. The van der Waals surface area contributed by atoms with Gasteiger partial charge in [-0.2, -0.15) is 13.2 Å². The number of aliphatic hydroxyl groups is 1. The van der Waals surface area contributed by atoms with E-state index in [1.54, 1.807) is 5.43 Å². The van der Waals surface area contributed by atoms with Gasteiger partial charge in [0.2, 0.25) is 0 Å². The molecule has 0 bridgehead atoms. The number of carbonyl (C=O) groups excluding carboxylic acids is 1. The van der Waals surface area contributed by atoms with Crippen molar-refractivity contribution in [2.24, 2.45) is 5.84 Å². The molecule has 0 saturated heterocycles. The lowest BCUT2D eigenvalue weighted by atomic mass is 10.2. The van der Waals surface area contributed by atoms with E-state index in [2.05, 4.69) is 5.10 Å². The standard InChI is InChI=1S/C13H13ClF3N5O3/c14-8-3-1-7(2-4-8)11-20-22(6-10(24)19-18)12(25)21(11)5-9(23)13(15,16)17/h1-4,9,23H,5-6,18H2,(H,19,24)/t9-/m0/s1. The van der Waals surface area contributed by atoms with Crippen LogP contribution >= 0.6 is 11.6 Å². The van der Waals surface area contributed by atoms with Gasteiger partial charge in [-0.15, -0.1) is 5.10 Å². The topological polar surface area (TPSA) is 115 Å². The largest absolute Gasteiger partial charge is 0.416 e.